The summed E-state index contributed by atoms with van der Waals surface area (Å²) in [7, 11) is 0. The number of ether oxygens (including phenoxy) is 10. The van der Waals surface area contributed by atoms with E-state index >= 15 is 0 Å². The number of nitrogen functional groups attached to an aromatic ring is 4. The Balaban J connectivity index is 0.000000121. The van der Waals surface area contributed by atoms with Crippen LogP contribution in [0.1, 0.15) is 136 Å². The molecule has 7 aliphatic rings. The Morgan fingerprint density at radius 3 is 1.17 bits per heavy atom. The van der Waals surface area contributed by atoms with Gasteiger partial charge < -0.3 is 114 Å². The summed E-state index contributed by atoms with van der Waals surface area (Å²) in [6, 6.07) is 7.25. The molecule has 32 nitrogen and oxygen atoms in total. The number of ketones is 1. The van der Waals surface area contributed by atoms with E-state index in [-0.39, 0.29) is 5.78 Å². The number of carbonyl (C=O) groups is 1. The standard InChI is InChI=1S/C17H24N4O4.C16H22N4O4.C16H20N4O4.C14H20N4O4/c1-15(2,22)10-11-17(5,25-16(3,4)24-11)14(23-10)21-7-6-9-12(18)19-8-20-13(9)21;2*1-8(21)10-11-16(4,24-15(2,3)23-11)14(22-10)20-6-5-9-12(17)18-7-19-13(9)20;1-13(2,20)9-8(19)14(3,21)12(22-9)18-5-4-7-10(15)16-6-17-11(7)18/h6-8,10-11,14,22H,1-5H3,(H2,18,19,20);5-8,10-11,14,21H,1-4H3,(H2,17,18,19);5-7,10-11,14H,1-4H3,(H2,17,18,19);4-6,8-9,12,19-21H,1-3H3,(H2,15,16,17)/t10-,11+,14+,17+;8?,10-,11-,14-,16-;10-,11-,14-,16-;8-,9+,12-,14-/m0111/s1. The van der Waals surface area contributed by atoms with Gasteiger partial charge in [0, 0.05) is 24.8 Å². The third kappa shape index (κ3) is 11.4. The minimum absolute atomic E-state index is 0.0966. The normalized spacial score (nSPS) is 34.5. The summed E-state index contributed by atoms with van der Waals surface area (Å²) >= 11 is 0. The van der Waals surface area contributed by atoms with Crippen molar-refractivity contribution >= 4 is 73.2 Å². The summed E-state index contributed by atoms with van der Waals surface area (Å²) in [5, 5.41) is 54.8. The number of hydrogen-bond donors (Lipinski definition) is 9. The fourth-order valence-electron chi connectivity index (χ4n) is 14.5. The van der Waals surface area contributed by atoms with Crippen LogP contribution >= 0.6 is 0 Å². The van der Waals surface area contributed by atoms with Crippen LogP contribution in [-0.4, -0.2) is 195 Å². The Bertz CT molecular complexity index is 4220. The average Bonchev–Trinajstić information content (AvgIpc) is 1.57. The first kappa shape index (κ1) is 67.7. The number of aliphatic hydroxyl groups excluding tert-OH is 2. The predicted octanol–water partition coefficient (Wildman–Crippen LogP) is 4.00. The largest absolute Gasteiger partial charge is 0.391 e. The second-order valence-corrected chi connectivity index (χ2v) is 28.6. The monoisotopic (exact) mass is 1320 g/mol. The number of carbonyl (C=O) groups excluding carboxylic acids is 1. The molecular formula is C63H86N16O16. The van der Waals surface area contributed by atoms with Crippen LogP contribution < -0.4 is 22.9 Å². The van der Waals surface area contributed by atoms with Gasteiger partial charge in [-0.15, -0.1) is 0 Å². The van der Waals surface area contributed by atoms with E-state index in [1.54, 1.807) is 37.6 Å². The van der Waals surface area contributed by atoms with E-state index in [2.05, 4.69) is 39.9 Å². The molecule has 1 unspecified atom stereocenters. The molecule has 0 aromatic carbocycles. The molecule has 0 spiro atoms. The summed E-state index contributed by atoms with van der Waals surface area (Å²) in [4.78, 5) is 45.2. The molecular weight excluding hydrogens is 1240 g/mol. The van der Waals surface area contributed by atoms with Crippen LogP contribution in [-0.2, 0) is 52.2 Å². The first-order chi connectivity index (χ1) is 44.1. The zero-order valence-electron chi connectivity index (χ0n) is 55.8. The Morgan fingerprint density at radius 2 is 0.811 bits per heavy atom. The van der Waals surface area contributed by atoms with Crippen molar-refractivity contribution in [2.75, 3.05) is 22.9 Å². The number of aliphatic hydroxyl groups is 5. The minimum atomic E-state index is -1.60. The van der Waals surface area contributed by atoms with E-state index in [1.165, 1.54) is 53.0 Å². The van der Waals surface area contributed by atoms with Crippen LogP contribution in [0.25, 0.3) is 44.1 Å². The summed E-state index contributed by atoms with van der Waals surface area (Å²) in [6.07, 6.45) is 4.29. The van der Waals surface area contributed by atoms with Gasteiger partial charge in [-0.25, -0.2) is 39.9 Å². The van der Waals surface area contributed by atoms with Crippen molar-refractivity contribution in [3.05, 3.63) is 74.4 Å². The second-order valence-electron chi connectivity index (χ2n) is 28.6. The molecule has 0 bridgehead atoms. The summed E-state index contributed by atoms with van der Waals surface area (Å²) < 4.78 is 68.1. The predicted molar refractivity (Wildman–Crippen MR) is 340 cm³/mol. The fraction of sp³-hybridized carbons (Fsp3) is 0.603. The van der Waals surface area contributed by atoms with Crippen molar-refractivity contribution in [1.82, 2.24) is 58.1 Å². The van der Waals surface area contributed by atoms with Gasteiger partial charge in [-0.1, -0.05) is 0 Å². The quantitative estimate of drug-likeness (QED) is 0.104. The Labute approximate surface area is 546 Å². The number of nitrogens with two attached hydrogens (primary N) is 4. The second kappa shape index (κ2) is 22.9. The Morgan fingerprint density at radius 1 is 0.495 bits per heavy atom. The Hall–Kier alpha value is -7.25. The SMILES string of the molecule is CC(=O)[C@H]1O[C@@H](n2ccc3c(N)ncnc32)[C@]2(C)OC(C)(C)O[C@H]12.CC(C)(O)[C@H]1O[C@@H](n2ccc3c(N)ncnc32)[C@](C)(O)[C@@H]1O.CC(O)[C@H]1O[C@@H](n2ccc3c(N)ncnc32)[C@]2(C)OC(C)(C)O[C@H]12.CC1(C)O[C@@H]2[C@@H](C(C)(C)O)O[C@@H](n3ccc4c(N)ncnc43)[C@]2(C)O1. The van der Waals surface area contributed by atoms with Crippen molar-refractivity contribution in [3.63, 3.8) is 0 Å². The maximum Gasteiger partial charge on any atom is 0.168 e. The van der Waals surface area contributed by atoms with Gasteiger partial charge in [0.2, 0.25) is 0 Å². The maximum absolute atomic E-state index is 12.1. The molecule has 7 aliphatic heterocycles. The topological polar surface area (TPSA) is 437 Å². The molecule has 7 fully saturated rings. The lowest BCUT2D eigenvalue weighted by Gasteiger charge is -2.31. The third-order valence-electron chi connectivity index (χ3n) is 18.6. The molecule has 0 saturated carbocycles. The van der Waals surface area contributed by atoms with Crippen LogP contribution in [0.2, 0.25) is 0 Å². The van der Waals surface area contributed by atoms with Crippen molar-refractivity contribution < 1.29 is 77.7 Å². The lowest BCUT2D eigenvalue weighted by Crippen LogP contribution is -2.49. The lowest BCUT2D eigenvalue weighted by atomic mass is 9.89. The van der Waals surface area contributed by atoms with Crippen molar-refractivity contribution in [1.29, 1.82) is 0 Å². The molecule has 0 amide bonds. The number of rotatable bonds is 8. The van der Waals surface area contributed by atoms with Gasteiger partial charge >= 0.3 is 0 Å². The van der Waals surface area contributed by atoms with Gasteiger partial charge in [-0.05, 0) is 135 Å². The molecule has 0 radical (unpaired) electrons. The molecule has 8 aromatic rings. The molecule has 17 atom stereocenters. The van der Waals surface area contributed by atoms with Crippen LogP contribution in [0.15, 0.2) is 74.4 Å². The van der Waals surface area contributed by atoms with Gasteiger partial charge in [0.15, 0.2) is 48.1 Å². The molecule has 13 N–H and O–H groups in total. The van der Waals surface area contributed by atoms with E-state index in [4.69, 9.17) is 70.3 Å². The molecule has 15 rings (SSSR count). The summed E-state index contributed by atoms with van der Waals surface area (Å²) in [5.41, 5.74) is 19.6. The maximum atomic E-state index is 12.1. The number of nitrogens with zero attached hydrogens (tertiary/aromatic N) is 12. The van der Waals surface area contributed by atoms with Crippen molar-refractivity contribution in [3.8, 4) is 0 Å². The van der Waals surface area contributed by atoms with Crippen LogP contribution in [0.3, 0.4) is 0 Å². The highest BCUT2D eigenvalue weighted by molar-refractivity contribution is 5.88. The van der Waals surface area contributed by atoms with Gasteiger partial charge in [0.05, 0.1) is 38.9 Å². The van der Waals surface area contributed by atoms with E-state index < -0.39 is 131 Å². The molecule has 95 heavy (non-hydrogen) atoms. The van der Waals surface area contributed by atoms with Gasteiger partial charge in [-0.3, -0.25) is 4.79 Å². The molecule has 0 aliphatic carbocycles. The van der Waals surface area contributed by atoms with E-state index in [9.17, 15) is 30.3 Å². The number of Topliss-reactive ketones (excluding diaryl/α,β-unsaturated/α-hetero) is 1. The highest BCUT2D eigenvalue weighted by Crippen LogP contribution is 2.56. The molecule has 15 heterocycles. The van der Waals surface area contributed by atoms with E-state index in [1.807, 2.05) is 113 Å². The smallest absolute Gasteiger partial charge is 0.168 e. The highest BCUT2D eigenvalue weighted by Gasteiger charge is 2.69. The number of aromatic nitrogens is 12. The number of anilines is 4. The van der Waals surface area contributed by atoms with Gasteiger partial charge in [-0.2, -0.15) is 0 Å². The van der Waals surface area contributed by atoms with Gasteiger partial charge in [0.1, 0.15) is 142 Å². The van der Waals surface area contributed by atoms with Gasteiger partial charge in [0.25, 0.3) is 0 Å². The van der Waals surface area contributed by atoms with Crippen LogP contribution in [0.5, 0.6) is 0 Å². The summed E-state index contributed by atoms with van der Waals surface area (Å²) in [6.45, 7) is 28.0. The average molecular weight is 1320 g/mol. The molecule has 32 heteroatoms. The van der Waals surface area contributed by atoms with E-state index in [0.29, 0.717) is 51.2 Å². The zero-order valence-corrected chi connectivity index (χ0v) is 55.8. The number of hydrogen-bond acceptors (Lipinski definition) is 28. The zero-order chi connectivity index (χ0) is 69.0. The Kier molecular flexibility index (Phi) is 16.4. The fourth-order valence-corrected chi connectivity index (χ4v) is 14.5. The van der Waals surface area contributed by atoms with Crippen molar-refractivity contribution in [2.24, 2.45) is 0 Å². The first-order valence-electron chi connectivity index (χ1n) is 31.2. The van der Waals surface area contributed by atoms with Crippen LogP contribution in [0, 0.1) is 0 Å². The first-order valence-corrected chi connectivity index (χ1v) is 31.2. The lowest BCUT2D eigenvalue weighted by molar-refractivity contribution is -0.230. The van der Waals surface area contributed by atoms with Crippen LogP contribution in [0.4, 0.5) is 23.3 Å². The summed E-state index contributed by atoms with van der Waals surface area (Å²) in [5.74, 6) is -0.896. The number of fused-ring (bicyclic) bond motifs is 7. The molecule has 514 valence electrons. The van der Waals surface area contributed by atoms with E-state index in [0.717, 1.165) is 16.2 Å². The highest BCUT2D eigenvalue weighted by atomic mass is 16.8. The van der Waals surface area contributed by atoms with Crippen molar-refractivity contribution in [2.45, 2.75) is 242 Å². The molecule has 7 saturated heterocycles. The molecule has 8 aromatic heterocycles. The minimum Gasteiger partial charge on any atom is -0.391 e. The third-order valence-corrected chi connectivity index (χ3v) is 18.6.